The zero-order valence-electron chi connectivity index (χ0n) is 11.2. The molecule has 0 saturated carbocycles. The molecule has 0 amide bonds. The monoisotopic (exact) mass is 244 g/mol. The highest BCUT2D eigenvalue weighted by Gasteiger charge is 2.17. The summed E-state index contributed by atoms with van der Waals surface area (Å²) >= 11 is 0. The molecule has 18 heavy (non-hydrogen) atoms. The smallest absolute Gasteiger partial charge is 0.268 e. The number of pyridine rings is 1. The van der Waals surface area contributed by atoms with Gasteiger partial charge in [-0.3, -0.25) is 4.79 Å². The summed E-state index contributed by atoms with van der Waals surface area (Å²) in [6.07, 6.45) is 5.29. The van der Waals surface area contributed by atoms with E-state index in [1.54, 1.807) is 0 Å². The van der Waals surface area contributed by atoms with E-state index < -0.39 is 0 Å². The Kier molecular flexibility index (Phi) is 3.86. The van der Waals surface area contributed by atoms with Gasteiger partial charge in [0.25, 0.3) is 5.56 Å². The molecule has 3 nitrogen and oxygen atoms in total. The second kappa shape index (κ2) is 5.39. The van der Waals surface area contributed by atoms with Crippen molar-refractivity contribution in [2.24, 2.45) is 5.92 Å². The van der Waals surface area contributed by atoms with Gasteiger partial charge in [0.05, 0.1) is 0 Å². The SMILES string of the molecule is CC(C)CCn1c2c(cc(C#N)c1=O)CCCC2. The van der Waals surface area contributed by atoms with Crippen molar-refractivity contribution in [1.82, 2.24) is 4.57 Å². The second-order valence-corrected chi connectivity index (χ2v) is 5.49. The molecule has 1 aliphatic rings. The Morgan fingerprint density at radius 2 is 2.11 bits per heavy atom. The maximum Gasteiger partial charge on any atom is 0.268 e. The average Bonchev–Trinajstić information content (AvgIpc) is 2.36. The van der Waals surface area contributed by atoms with Crippen LogP contribution in [0.15, 0.2) is 10.9 Å². The molecule has 96 valence electrons. The predicted octanol–water partition coefficient (Wildman–Crippen LogP) is 2.64. The number of hydrogen-bond donors (Lipinski definition) is 0. The van der Waals surface area contributed by atoms with Crippen LogP contribution in [-0.2, 0) is 19.4 Å². The summed E-state index contributed by atoms with van der Waals surface area (Å²) < 4.78 is 1.85. The molecule has 0 bridgehead atoms. The van der Waals surface area contributed by atoms with Crippen molar-refractivity contribution < 1.29 is 0 Å². The minimum atomic E-state index is -0.0983. The first-order chi connectivity index (χ1) is 8.63. The minimum absolute atomic E-state index is 0.0983. The lowest BCUT2D eigenvalue weighted by atomic mass is 9.94. The topological polar surface area (TPSA) is 45.8 Å². The highest BCUT2D eigenvalue weighted by atomic mass is 16.1. The van der Waals surface area contributed by atoms with Gasteiger partial charge in [0.1, 0.15) is 11.6 Å². The summed E-state index contributed by atoms with van der Waals surface area (Å²) in [7, 11) is 0. The van der Waals surface area contributed by atoms with Gasteiger partial charge >= 0.3 is 0 Å². The van der Waals surface area contributed by atoms with Crippen LogP contribution in [0.1, 0.15) is 49.9 Å². The summed E-state index contributed by atoms with van der Waals surface area (Å²) in [4.78, 5) is 12.2. The van der Waals surface area contributed by atoms with E-state index in [-0.39, 0.29) is 5.56 Å². The Morgan fingerprint density at radius 3 is 2.78 bits per heavy atom. The number of fused-ring (bicyclic) bond motifs is 1. The van der Waals surface area contributed by atoms with Crippen molar-refractivity contribution in [2.75, 3.05) is 0 Å². The van der Waals surface area contributed by atoms with E-state index in [1.165, 1.54) is 17.7 Å². The van der Waals surface area contributed by atoms with E-state index in [1.807, 2.05) is 16.7 Å². The molecule has 0 N–H and O–H groups in total. The van der Waals surface area contributed by atoms with Gasteiger partial charge in [-0.2, -0.15) is 5.26 Å². The van der Waals surface area contributed by atoms with E-state index in [0.29, 0.717) is 11.5 Å². The Bertz CT molecular complexity index is 535. The number of hydrogen-bond acceptors (Lipinski definition) is 2. The zero-order valence-corrected chi connectivity index (χ0v) is 11.2. The lowest BCUT2D eigenvalue weighted by Gasteiger charge is -2.22. The third-order valence-corrected chi connectivity index (χ3v) is 3.65. The highest BCUT2D eigenvalue weighted by Crippen LogP contribution is 2.21. The van der Waals surface area contributed by atoms with E-state index in [9.17, 15) is 4.79 Å². The molecular formula is C15H20N2O. The van der Waals surface area contributed by atoms with Crippen LogP contribution in [0.2, 0.25) is 0 Å². The largest absolute Gasteiger partial charge is 0.311 e. The number of aryl methyl sites for hydroxylation is 1. The van der Waals surface area contributed by atoms with Gasteiger partial charge in [-0.1, -0.05) is 13.8 Å². The fourth-order valence-corrected chi connectivity index (χ4v) is 2.58. The zero-order chi connectivity index (χ0) is 13.1. The standard InChI is InChI=1S/C15H20N2O/c1-11(2)7-8-17-14-6-4-3-5-12(14)9-13(10-16)15(17)18/h9,11H,3-8H2,1-2H3. The summed E-state index contributed by atoms with van der Waals surface area (Å²) in [6.45, 7) is 5.06. The molecule has 1 aromatic heterocycles. The van der Waals surface area contributed by atoms with Crippen molar-refractivity contribution in [1.29, 1.82) is 5.26 Å². The van der Waals surface area contributed by atoms with Crippen LogP contribution in [0.5, 0.6) is 0 Å². The molecule has 0 fully saturated rings. The second-order valence-electron chi connectivity index (χ2n) is 5.49. The van der Waals surface area contributed by atoms with Crippen LogP contribution in [0.4, 0.5) is 0 Å². The Morgan fingerprint density at radius 1 is 1.39 bits per heavy atom. The van der Waals surface area contributed by atoms with Gasteiger partial charge in [-0.15, -0.1) is 0 Å². The molecule has 3 heteroatoms. The molecule has 1 heterocycles. The molecule has 0 aromatic carbocycles. The summed E-state index contributed by atoms with van der Waals surface area (Å²) in [5.74, 6) is 0.571. The molecule has 0 saturated heterocycles. The van der Waals surface area contributed by atoms with Gasteiger partial charge in [0.15, 0.2) is 0 Å². The Labute approximate surface area is 108 Å². The number of aromatic nitrogens is 1. The first-order valence-corrected chi connectivity index (χ1v) is 6.79. The van der Waals surface area contributed by atoms with E-state index >= 15 is 0 Å². The molecule has 0 aliphatic heterocycles. The van der Waals surface area contributed by atoms with Gasteiger partial charge < -0.3 is 4.57 Å². The lowest BCUT2D eigenvalue weighted by Crippen LogP contribution is -2.29. The average molecular weight is 244 g/mol. The van der Waals surface area contributed by atoms with E-state index in [2.05, 4.69) is 13.8 Å². The molecule has 0 spiro atoms. The van der Waals surface area contributed by atoms with Crippen LogP contribution >= 0.6 is 0 Å². The van der Waals surface area contributed by atoms with Gasteiger partial charge in [0.2, 0.25) is 0 Å². The van der Waals surface area contributed by atoms with Gasteiger partial charge in [-0.25, -0.2) is 0 Å². The van der Waals surface area contributed by atoms with Crippen LogP contribution < -0.4 is 5.56 Å². The number of rotatable bonds is 3. The van der Waals surface area contributed by atoms with E-state index in [0.717, 1.165) is 32.2 Å². The predicted molar refractivity (Wildman–Crippen MR) is 71.5 cm³/mol. The summed E-state index contributed by atoms with van der Waals surface area (Å²) in [5, 5.41) is 9.06. The third-order valence-electron chi connectivity index (χ3n) is 3.65. The minimum Gasteiger partial charge on any atom is -0.311 e. The van der Waals surface area contributed by atoms with Crippen molar-refractivity contribution in [3.05, 3.63) is 33.2 Å². The summed E-state index contributed by atoms with van der Waals surface area (Å²) in [5.41, 5.74) is 2.59. The Hall–Kier alpha value is -1.56. The third kappa shape index (κ3) is 2.48. The highest BCUT2D eigenvalue weighted by molar-refractivity contribution is 5.35. The van der Waals surface area contributed by atoms with Gasteiger partial charge in [-0.05, 0) is 49.7 Å². The van der Waals surface area contributed by atoms with Gasteiger partial charge in [0, 0.05) is 12.2 Å². The van der Waals surface area contributed by atoms with Crippen LogP contribution in [-0.4, -0.2) is 4.57 Å². The quantitative estimate of drug-likeness (QED) is 0.820. The Balaban J connectivity index is 2.47. The van der Waals surface area contributed by atoms with E-state index in [4.69, 9.17) is 5.26 Å². The van der Waals surface area contributed by atoms with Crippen molar-refractivity contribution >= 4 is 0 Å². The van der Waals surface area contributed by atoms with Crippen LogP contribution in [0.25, 0.3) is 0 Å². The summed E-state index contributed by atoms with van der Waals surface area (Å²) in [6, 6.07) is 3.85. The fraction of sp³-hybridized carbons (Fsp3) is 0.600. The molecule has 1 aromatic rings. The maximum absolute atomic E-state index is 12.2. The number of nitriles is 1. The van der Waals surface area contributed by atoms with Crippen LogP contribution in [0, 0.1) is 17.2 Å². The first-order valence-electron chi connectivity index (χ1n) is 6.79. The maximum atomic E-state index is 12.2. The first kappa shape index (κ1) is 12.9. The normalized spacial score (nSPS) is 14.3. The lowest BCUT2D eigenvalue weighted by molar-refractivity contribution is 0.484. The van der Waals surface area contributed by atoms with Crippen molar-refractivity contribution in [3.8, 4) is 6.07 Å². The fourth-order valence-electron chi connectivity index (χ4n) is 2.58. The number of nitrogens with zero attached hydrogens (tertiary/aromatic N) is 2. The van der Waals surface area contributed by atoms with Crippen molar-refractivity contribution in [2.45, 2.75) is 52.5 Å². The van der Waals surface area contributed by atoms with Crippen molar-refractivity contribution in [3.63, 3.8) is 0 Å². The molecular weight excluding hydrogens is 224 g/mol. The molecule has 0 radical (unpaired) electrons. The molecule has 0 unspecified atom stereocenters. The molecule has 1 aliphatic carbocycles. The van der Waals surface area contributed by atoms with Crippen LogP contribution in [0.3, 0.4) is 0 Å². The molecule has 2 rings (SSSR count). The molecule has 0 atom stereocenters.